The molecule has 5 nitrogen and oxygen atoms in total. The highest BCUT2D eigenvalue weighted by Gasteiger charge is 2.21. The van der Waals surface area contributed by atoms with Crippen molar-refractivity contribution < 1.29 is 4.79 Å². The summed E-state index contributed by atoms with van der Waals surface area (Å²) in [5.41, 5.74) is 3.02. The number of hydrogen-bond acceptors (Lipinski definition) is 3. The van der Waals surface area contributed by atoms with Crippen LogP contribution in [0.5, 0.6) is 0 Å². The average Bonchev–Trinajstić information content (AvgIpc) is 2.59. The van der Waals surface area contributed by atoms with Gasteiger partial charge in [0.15, 0.2) is 0 Å². The molecule has 0 bridgehead atoms. The molecule has 0 atom stereocenters. The van der Waals surface area contributed by atoms with Crippen LogP contribution in [0.1, 0.15) is 11.1 Å². The van der Waals surface area contributed by atoms with Crippen molar-refractivity contribution in [3.05, 3.63) is 58.9 Å². The van der Waals surface area contributed by atoms with Crippen molar-refractivity contribution >= 4 is 23.3 Å². The number of nitrogens with zero attached hydrogens (tertiary/aromatic N) is 3. The minimum absolute atomic E-state index is 0.0519. The normalized spacial score (nSPS) is 15.3. The van der Waals surface area contributed by atoms with Crippen LogP contribution in [-0.4, -0.2) is 47.0 Å². The van der Waals surface area contributed by atoms with Gasteiger partial charge >= 0.3 is 6.03 Å². The van der Waals surface area contributed by atoms with Gasteiger partial charge in [-0.25, -0.2) is 4.79 Å². The molecular weight excluding hydrogens is 324 g/mol. The number of rotatable bonds is 3. The maximum Gasteiger partial charge on any atom is 0.321 e. The van der Waals surface area contributed by atoms with Gasteiger partial charge < -0.3 is 10.2 Å². The van der Waals surface area contributed by atoms with Gasteiger partial charge in [0.2, 0.25) is 0 Å². The van der Waals surface area contributed by atoms with E-state index in [0.717, 1.165) is 44.0 Å². The molecule has 0 unspecified atom stereocenters. The molecule has 1 saturated heterocycles. The molecule has 2 heterocycles. The summed E-state index contributed by atoms with van der Waals surface area (Å²) in [7, 11) is 0. The van der Waals surface area contributed by atoms with Crippen LogP contribution < -0.4 is 5.32 Å². The van der Waals surface area contributed by atoms with Crippen LogP contribution in [0, 0.1) is 6.92 Å². The Bertz CT molecular complexity index is 699. The molecule has 0 radical (unpaired) electrons. The number of nitrogens with one attached hydrogen (secondary N) is 1. The van der Waals surface area contributed by atoms with Gasteiger partial charge in [0.25, 0.3) is 0 Å². The van der Waals surface area contributed by atoms with Crippen LogP contribution in [0.3, 0.4) is 0 Å². The summed E-state index contributed by atoms with van der Waals surface area (Å²) in [4.78, 5) is 20.7. The van der Waals surface area contributed by atoms with Gasteiger partial charge in [0.05, 0.1) is 0 Å². The fourth-order valence-corrected chi connectivity index (χ4v) is 3.04. The number of carbonyl (C=O) groups excluding carboxylic acids is 1. The zero-order valence-electron chi connectivity index (χ0n) is 13.7. The van der Waals surface area contributed by atoms with Gasteiger partial charge in [-0.15, -0.1) is 0 Å². The quantitative estimate of drug-likeness (QED) is 0.928. The van der Waals surface area contributed by atoms with E-state index in [4.69, 9.17) is 11.6 Å². The molecule has 0 spiro atoms. The lowest BCUT2D eigenvalue weighted by Gasteiger charge is -2.34. The van der Waals surface area contributed by atoms with Crippen molar-refractivity contribution in [2.75, 3.05) is 31.5 Å². The Morgan fingerprint density at radius 2 is 1.88 bits per heavy atom. The number of amides is 2. The number of pyridine rings is 1. The lowest BCUT2D eigenvalue weighted by atomic mass is 10.2. The van der Waals surface area contributed by atoms with Gasteiger partial charge in [0.1, 0.15) is 0 Å². The fraction of sp³-hybridized carbons (Fsp3) is 0.333. The van der Waals surface area contributed by atoms with Crippen molar-refractivity contribution in [3.63, 3.8) is 0 Å². The molecule has 1 aliphatic heterocycles. The molecule has 1 aromatic carbocycles. The van der Waals surface area contributed by atoms with Gasteiger partial charge in [-0.05, 0) is 48.4 Å². The zero-order chi connectivity index (χ0) is 16.9. The number of carbonyl (C=O) groups is 1. The molecule has 0 aliphatic carbocycles. The minimum atomic E-state index is -0.0519. The highest BCUT2D eigenvalue weighted by Crippen LogP contribution is 2.20. The molecule has 1 aliphatic rings. The second-order valence-corrected chi connectivity index (χ2v) is 6.44. The number of urea groups is 1. The molecule has 2 aromatic rings. The maximum absolute atomic E-state index is 12.4. The third kappa shape index (κ3) is 4.24. The SMILES string of the molecule is Cc1cc(Cl)ccc1NC(=O)N1CCN(Cc2ccncc2)CC1. The summed E-state index contributed by atoms with van der Waals surface area (Å²) >= 11 is 5.95. The summed E-state index contributed by atoms with van der Waals surface area (Å²) in [6.45, 7) is 6.03. The molecule has 24 heavy (non-hydrogen) atoms. The molecule has 3 rings (SSSR count). The Morgan fingerprint density at radius 1 is 1.17 bits per heavy atom. The van der Waals surface area contributed by atoms with Crippen LogP contribution in [0.4, 0.5) is 10.5 Å². The van der Waals surface area contributed by atoms with Gasteiger partial charge in [0, 0.05) is 55.8 Å². The molecule has 126 valence electrons. The number of piperazine rings is 1. The Kier molecular flexibility index (Phi) is 5.33. The number of anilines is 1. The van der Waals surface area contributed by atoms with Crippen LogP contribution in [0.15, 0.2) is 42.7 Å². The van der Waals surface area contributed by atoms with E-state index in [1.54, 1.807) is 6.07 Å². The number of halogens is 1. The zero-order valence-corrected chi connectivity index (χ0v) is 14.5. The highest BCUT2D eigenvalue weighted by atomic mass is 35.5. The van der Waals surface area contributed by atoms with Crippen molar-refractivity contribution in [3.8, 4) is 0 Å². The monoisotopic (exact) mass is 344 g/mol. The lowest BCUT2D eigenvalue weighted by Crippen LogP contribution is -2.49. The van der Waals surface area contributed by atoms with Crippen LogP contribution in [0.2, 0.25) is 5.02 Å². The number of aryl methyl sites for hydroxylation is 1. The second-order valence-electron chi connectivity index (χ2n) is 6.01. The van der Waals surface area contributed by atoms with Crippen molar-refractivity contribution in [2.24, 2.45) is 0 Å². The van der Waals surface area contributed by atoms with E-state index >= 15 is 0 Å². The molecule has 0 saturated carbocycles. The molecule has 6 heteroatoms. The predicted molar refractivity (Wildman–Crippen MR) is 96.3 cm³/mol. The first kappa shape index (κ1) is 16.7. The number of benzene rings is 1. The average molecular weight is 345 g/mol. The van der Waals surface area contributed by atoms with Gasteiger partial charge in [-0.3, -0.25) is 9.88 Å². The largest absolute Gasteiger partial charge is 0.322 e. The summed E-state index contributed by atoms with van der Waals surface area (Å²) < 4.78 is 0. The third-order valence-electron chi connectivity index (χ3n) is 4.25. The van der Waals surface area contributed by atoms with Crippen molar-refractivity contribution in [2.45, 2.75) is 13.5 Å². The van der Waals surface area contributed by atoms with E-state index in [9.17, 15) is 4.79 Å². The third-order valence-corrected chi connectivity index (χ3v) is 4.48. The summed E-state index contributed by atoms with van der Waals surface area (Å²) in [6.07, 6.45) is 3.63. The first-order valence-electron chi connectivity index (χ1n) is 8.05. The molecule has 1 N–H and O–H groups in total. The lowest BCUT2D eigenvalue weighted by molar-refractivity contribution is 0.143. The molecule has 1 fully saturated rings. The summed E-state index contributed by atoms with van der Waals surface area (Å²) in [5, 5.41) is 3.65. The molecule has 2 amide bonds. The molecular formula is C18H21ClN4O. The topological polar surface area (TPSA) is 48.5 Å². The fourth-order valence-electron chi connectivity index (χ4n) is 2.82. The molecule has 1 aromatic heterocycles. The maximum atomic E-state index is 12.4. The Labute approximate surface area is 147 Å². The van der Waals surface area contributed by atoms with Crippen molar-refractivity contribution in [1.82, 2.24) is 14.8 Å². The van der Waals surface area contributed by atoms with E-state index in [1.165, 1.54) is 5.56 Å². The van der Waals surface area contributed by atoms with E-state index in [1.807, 2.05) is 48.5 Å². The Morgan fingerprint density at radius 3 is 2.54 bits per heavy atom. The Balaban J connectivity index is 1.51. The van der Waals surface area contributed by atoms with Crippen LogP contribution in [0.25, 0.3) is 0 Å². The van der Waals surface area contributed by atoms with Gasteiger partial charge in [-0.1, -0.05) is 11.6 Å². The number of aromatic nitrogens is 1. The Hall–Kier alpha value is -2.11. The van der Waals surface area contributed by atoms with E-state index < -0.39 is 0 Å². The minimum Gasteiger partial charge on any atom is -0.322 e. The number of hydrogen-bond donors (Lipinski definition) is 1. The van der Waals surface area contributed by atoms with Crippen LogP contribution in [-0.2, 0) is 6.54 Å². The van der Waals surface area contributed by atoms with Crippen LogP contribution >= 0.6 is 11.6 Å². The first-order chi connectivity index (χ1) is 11.6. The van der Waals surface area contributed by atoms with Crippen molar-refractivity contribution in [1.29, 1.82) is 0 Å². The van der Waals surface area contributed by atoms with E-state index in [-0.39, 0.29) is 6.03 Å². The first-order valence-corrected chi connectivity index (χ1v) is 8.43. The summed E-state index contributed by atoms with van der Waals surface area (Å²) in [6, 6.07) is 9.49. The van der Waals surface area contributed by atoms with E-state index in [0.29, 0.717) is 5.02 Å². The van der Waals surface area contributed by atoms with E-state index in [2.05, 4.69) is 15.2 Å². The predicted octanol–water partition coefficient (Wildman–Crippen LogP) is 3.39. The smallest absolute Gasteiger partial charge is 0.321 e. The summed E-state index contributed by atoms with van der Waals surface area (Å²) in [5.74, 6) is 0. The van der Waals surface area contributed by atoms with Gasteiger partial charge in [-0.2, -0.15) is 0 Å². The highest BCUT2D eigenvalue weighted by molar-refractivity contribution is 6.30. The standard InChI is InChI=1S/C18H21ClN4O/c1-14-12-16(19)2-3-17(14)21-18(24)23-10-8-22(9-11-23)13-15-4-6-20-7-5-15/h2-7,12H,8-11,13H2,1H3,(H,21,24). The second kappa shape index (κ2) is 7.64.